The largest absolute Gasteiger partial charge is 0.573 e. The van der Waals surface area contributed by atoms with Gasteiger partial charge in [0.15, 0.2) is 6.23 Å². The lowest BCUT2D eigenvalue weighted by atomic mass is 10.1. The van der Waals surface area contributed by atoms with Crippen LogP contribution in [0.2, 0.25) is 0 Å². The smallest absolute Gasteiger partial charge is 0.406 e. The fourth-order valence-corrected chi connectivity index (χ4v) is 4.29. The predicted molar refractivity (Wildman–Crippen MR) is 135 cm³/mol. The molecule has 0 saturated heterocycles. The summed E-state index contributed by atoms with van der Waals surface area (Å²) in [5.41, 5.74) is 1.30. The van der Waals surface area contributed by atoms with E-state index in [1.165, 1.54) is 23.0 Å². The second-order valence-electron chi connectivity index (χ2n) is 8.53. The number of aromatic nitrogens is 6. The number of carbonyl (C=O) groups is 1. The zero-order chi connectivity index (χ0) is 28.5. The number of hydrogen-bond donors (Lipinski definition) is 3. The van der Waals surface area contributed by atoms with Gasteiger partial charge in [-0.05, 0) is 36.2 Å². The van der Waals surface area contributed by atoms with E-state index < -0.39 is 30.4 Å². The second kappa shape index (κ2) is 13.4. The highest BCUT2D eigenvalue weighted by atomic mass is 32.1. The van der Waals surface area contributed by atoms with Crippen LogP contribution in [0, 0.1) is 0 Å². The van der Waals surface area contributed by atoms with Crippen LogP contribution in [0.15, 0.2) is 54.9 Å². The molecular weight excluding hydrogens is 556 g/mol. The Morgan fingerprint density at radius 1 is 1.15 bits per heavy atom. The SMILES string of the molecule is O=C(Cc1cccc(OC(F)(F)F)c1)Nc1nnc(CCC(F)Cn2cc(C(O)NCc3ccccn3)nn2)s1. The second-order valence-corrected chi connectivity index (χ2v) is 9.59. The molecule has 0 aliphatic rings. The molecule has 212 valence electrons. The molecule has 40 heavy (non-hydrogen) atoms. The van der Waals surface area contributed by atoms with Crippen molar-refractivity contribution in [2.45, 2.75) is 51.1 Å². The van der Waals surface area contributed by atoms with Gasteiger partial charge < -0.3 is 15.2 Å². The minimum absolute atomic E-state index is 0.0839. The molecule has 1 aromatic carbocycles. The van der Waals surface area contributed by atoms with Crippen molar-refractivity contribution in [1.82, 2.24) is 35.5 Å². The number of pyridine rings is 1. The summed E-state index contributed by atoms with van der Waals surface area (Å²) in [6.07, 6.45) is -3.98. The summed E-state index contributed by atoms with van der Waals surface area (Å²) in [4.78, 5) is 16.4. The van der Waals surface area contributed by atoms with E-state index in [2.05, 4.69) is 40.9 Å². The Hall–Kier alpha value is -4.02. The van der Waals surface area contributed by atoms with Crippen molar-refractivity contribution >= 4 is 22.4 Å². The number of aliphatic hydroxyl groups excluding tert-OH is 1. The first-order valence-electron chi connectivity index (χ1n) is 12.0. The Morgan fingerprint density at radius 3 is 2.77 bits per heavy atom. The predicted octanol–water partition coefficient (Wildman–Crippen LogP) is 3.36. The van der Waals surface area contributed by atoms with Crippen LogP contribution in [-0.2, 0) is 30.7 Å². The van der Waals surface area contributed by atoms with Crippen LogP contribution in [0.4, 0.5) is 22.7 Å². The number of hydrogen-bond acceptors (Lipinski definition) is 10. The van der Waals surface area contributed by atoms with E-state index in [4.69, 9.17) is 0 Å². The number of nitrogens with one attached hydrogen (secondary N) is 2. The number of aliphatic hydroxyl groups is 1. The maximum atomic E-state index is 14.6. The average Bonchev–Trinajstić information content (AvgIpc) is 3.55. The fourth-order valence-electron chi connectivity index (χ4n) is 3.52. The molecule has 4 rings (SSSR count). The zero-order valence-electron chi connectivity index (χ0n) is 20.8. The molecule has 2 atom stereocenters. The summed E-state index contributed by atoms with van der Waals surface area (Å²) in [6.45, 7) is 0.231. The van der Waals surface area contributed by atoms with Gasteiger partial charge in [0.25, 0.3) is 0 Å². The topological polar surface area (TPSA) is 140 Å². The summed E-state index contributed by atoms with van der Waals surface area (Å²) in [5, 5.41) is 31.9. The lowest BCUT2D eigenvalue weighted by Gasteiger charge is -2.09. The fraction of sp³-hybridized carbons (Fsp3) is 0.333. The van der Waals surface area contributed by atoms with Crippen LogP contribution in [0.5, 0.6) is 5.75 Å². The Bertz CT molecular complexity index is 1390. The van der Waals surface area contributed by atoms with Gasteiger partial charge in [0, 0.05) is 19.2 Å². The number of alkyl halides is 4. The first kappa shape index (κ1) is 29.0. The number of halogens is 4. The van der Waals surface area contributed by atoms with E-state index in [0.717, 1.165) is 29.2 Å². The first-order chi connectivity index (χ1) is 19.1. The van der Waals surface area contributed by atoms with Gasteiger partial charge in [-0.1, -0.05) is 34.7 Å². The van der Waals surface area contributed by atoms with Gasteiger partial charge in [0.05, 0.1) is 24.9 Å². The third kappa shape index (κ3) is 9.32. The van der Waals surface area contributed by atoms with Crippen LogP contribution in [-0.4, -0.2) is 53.7 Å². The van der Waals surface area contributed by atoms with E-state index in [-0.39, 0.29) is 36.6 Å². The number of benzene rings is 1. The molecule has 3 aromatic heterocycles. The highest BCUT2D eigenvalue weighted by Gasteiger charge is 2.31. The van der Waals surface area contributed by atoms with Gasteiger partial charge in [0.1, 0.15) is 22.6 Å². The Morgan fingerprint density at radius 2 is 2.00 bits per heavy atom. The molecule has 0 radical (unpaired) electrons. The molecule has 0 spiro atoms. The van der Waals surface area contributed by atoms with Crippen LogP contribution >= 0.6 is 11.3 Å². The molecule has 1 amide bonds. The van der Waals surface area contributed by atoms with Crippen molar-refractivity contribution in [3.8, 4) is 5.75 Å². The van der Waals surface area contributed by atoms with Crippen LogP contribution in [0.3, 0.4) is 0 Å². The molecule has 0 aliphatic carbocycles. The quantitative estimate of drug-likeness (QED) is 0.160. The molecule has 16 heteroatoms. The number of carbonyl (C=O) groups excluding carboxylic acids is 1. The van der Waals surface area contributed by atoms with Gasteiger partial charge in [-0.25, -0.2) is 9.07 Å². The van der Waals surface area contributed by atoms with E-state index in [0.29, 0.717) is 17.1 Å². The number of nitrogens with zero attached hydrogens (tertiary/aromatic N) is 6. The highest BCUT2D eigenvalue weighted by Crippen LogP contribution is 2.24. The molecule has 11 nitrogen and oxygen atoms in total. The van der Waals surface area contributed by atoms with Gasteiger partial charge in [-0.3, -0.25) is 15.1 Å². The number of rotatable bonds is 13. The van der Waals surface area contributed by atoms with E-state index in [1.54, 1.807) is 18.3 Å². The minimum Gasteiger partial charge on any atom is -0.406 e. The molecule has 0 bridgehead atoms. The van der Waals surface area contributed by atoms with E-state index in [9.17, 15) is 27.5 Å². The van der Waals surface area contributed by atoms with Gasteiger partial charge in [-0.15, -0.1) is 28.5 Å². The summed E-state index contributed by atoms with van der Waals surface area (Å²) < 4.78 is 56.9. The Balaban J connectivity index is 1.19. The number of aryl methyl sites for hydroxylation is 1. The van der Waals surface area contributed by atoms with E-state index in [1.807, 2.05) is 6.07 Å². The molecule has 2 unspecified atom stereocenters. The van der Waals surface area contributed by atoms with Crippen molar-refractivity contribution in [1.29, 1.82) is 0 Å². The summed E-state index contributed by atoms with van der Waals surface area (Å²) in [6, 6.07) is 10.5. The van der Waals surface area contributed by atoms with Crippen LogP contribution in [0.1, 0.15) is 34.6 Å². The monoisotopic (exact) mass is 580 g/mol. The minimum atomic E-state index is -4.83. The standard InChI is InChI=1S/C24H24F4N8O3S/c25-16(13-36-14-19(32-35-36)22(38)30-12-17-5-1-2-9-29-17)7-8-21-33-34-23(40-21)31-20(37)11-15-4-3-6-18(10-15)39-24(26,27)28/h1-6,9-10,14,16,22,30,38H,7-8,11-13H2,(H,31,34,37). The third-order valence-electron chi connectivity index (χ3n) is 5.31. The molecule has 0 fully saturated rings. The van der Waals surface area contributed by atoms with Crippen molar-refractivity contribution in [3.05, 3.63) is 76.8 Å². The van der Waals surface area contributed by atoms with Gasteiger partial charge in [0.2, 0.25) is 11.0 Å². The third-order valence-corrected chi connectivity index (χ3v) is 6.20. The Kier molecular flexibility index (Phi) is 9.68. The van der Waals surface area contributed by atoms with Crippen molar-refractivity contribution in [2.24, 2.45) is 0 Å². The number of anilines is 1. The molecule has 4 aromatic rings. The van der Waals surface area contributed by atoms with Gasteiger partial charge in [-0.2, -0.15) is 0 Å². The lowest BCUT2D eigenvalue weighted by Crippen LogP contribution is -2.21. The number of amides is 1. The normalized spacial score (nSPS) is 13.1. The van der Waals surface area contributed by atoms with Crippen molar-refractivity contribution in [2.75, 3.05) is 5.32 Å². The van der Waals surface area contributed by atoms with Crippen LogP contribution in [0.25, 0.3) is 0 Å². The zero-order valence-corrected chi connectivity index (χ0v) is 21.6. The van der Waals surface area contributed by atoms with Crippen molar-refractivity contribution in [3.63, 3.8) is 0 Å². The van der Waals surface area contributed by atoms with E-state index >= 15 is 0 Å². The number of ether oxygens (including phenoxy) is 1. The molecule has 3 heterocycles. The highest BCUT2D eigenvalue weighted by molar-refractivity contribution is 7.15. The maximum Gasteiger partial charge on any atom is 0.573 e. The molecule has 0 aliphatic heterocycles. The Labute approximate surface area is 229 Å². The maximum absolute atomic E-state index is 14.6. The van der Waals surface area contributed by atoms with Crippen LogP contribution < -0.4 is 15.4 Å². The van der Waals surface area contributed by atoms with Gasteiger partial charge >= 0.3 is 6.36 Å². The lowest BCUT2D eigenvalue weighted by molar-refractivity contribution is -0.274. The summed E-state index contributed by atoms with van der Waals surface area (Å²) in [7, 11) is 0. The molecule has 0 saturated carbocycles. The molecular formula is C24H24F4N8O3S. The summed E-state index contributed by atoms with van der Waals surface area (Å²) in [5.74, 6) is -0.929. The molecule has 3 N–H and O–H groups in total. The average molecular weight is 581 g/mol. The summed E-state index contributed by atoms with van der Waals surface area (Å²) >= 11 is 1.07. The van der Waals surface area contributed by atoms with Crippen molar-refractivity contribution < 1.29 is 32.2 Å². The first-order valence-corrected chi connectivity index (χ1v) is 12.8.